The number of hydrogen-bond acceptors (Lipinski definition) is 4. The van der Waals surface area contributed by atoms with Crippen molar-refractivity contribution in [1.82, 2.24) is 0 Å². The van der Waals surface area contributed by atoms with Crippen molar-refractivity contribution in [3.05, 3.63) is 0 Å². The van der Waals surface area contributed by atoms with Crippen LogP contribution in [-0.4, -0.2) is 35.5 Å². The first kappa shape index (κ1) is 9.40. The van der Waals surface area contributed by atoms with Crippen molar-refractivity contribution >= 4 is 0 Å². The van der Waals surface area contributed by atoms with Gasteiger partial charge in [-0.25, -0.2) is 0 Å². The van der Waals surface area contributed by atoms with Crippen molar-refractivity contribution in [2.75, 3.05) is 0 Å². The summed E-state index contributed by atoms with van der Waals surface area (Å²) in [6, 6.07) is 0. The van der Waals surface area contributed by atoms with Gasteiger partial charge in [0.1, 0.15) is 12.2 Å². The average molecular weight is 188 g/mol. The summed E-state index contributed by atoms with van der Waals surface area (Å²) in [5.74, 6) is -0.630. The highest BCUT2D eigenvalue weighted by Gasteiger charge is 2.53. The fraction of sp³-hybridized carbons (Fsp3) is 1.00. The van der Waals surface area contributed by atoms with Gasteiger partial charge in [-0.3, -0.25) is 0 Å². The van der Waals surface area contributed by atoms with E-state index in [1.54, 1.807) is 0 Å². The quantitative estimate of drug-likeness (QED) is 0.655. The van der Waals surface area contributed by atoms with E-state index in [0.29, 0.717) is 0 Å². The predicted molar refractivity (Wildman–Crippen MR) is 45.0 cm³/mol. The standard InChI is InChI=1S/C9H16O4/c1-4-5-6(10)7-8(11-5)13-9(2,3)12-7/h5-8,10H,4H2,1-3H3/t5-,6+,7-,8-/m1/s1. The van der Waals surface area contributed by atoms with E-state index in [4.69, 9.17) is 14.2 Å². The third-order valence-corrected chi connectivity index (χ3v) is 2.52. The zero-order chi connectivity index (χ0) is 9.64. The van der Waals surface area contributed by atoms with Crippen molar-refractivity contribution in [3.63, 3.8) is 0 Å². The van der Waals surface area contributed by atoms with E-state index >= 15 is 0 Å². The summed E-state index contributed by atoms with van der Waals surface area (Å²) in [5.41, 5.74) is 0. The molecule has 0 bridgehead atoms. The van der Waals surface area contributed by atoms with Gasteiger partial charge in [0.2, 0.25) is 0 Å². The number of fused-ring (bicyclic) bond motifs is 1. The second-order valence-electron chi connectivity index (χ2n) is 4.04. The molecule has 13 heavy (non-hydrogen) atoms. The molecule has 76 valence electrons. The molecule has 1 N–H and O–H groups in total. The van der Waals surface area contributed by atoms with E-state index in [0.717, 1.165) is 6.42 Å². The van der Waals surface area contributed by atoms with Crippen LogP contribution in [-0.2, 0) is 14.2 Å². The number of aliphatic hydroxyl groups excluding tert-OH is 1. The van der Waals surface area contributed by atoms with Crippen molar-refractivity contribution in [1.29, 1.82) is 0 Å². The first-order chi connectivity index (χ1) is 6.03. The Labute approximate surface area is 77.8 Å². The molecular formula is C9H16O4. The van der Waals surface area contributed by atoms with E-state index in [1.807, 2.05) is 20.8 Å². The minimum Gasteiger partial charge on any atom is -0.387 e. The van der Waals surface area contributed by atoms with Crippen LogP contribution in [0.5, 0.6) is 0 Å². The van der Waals surface area contributed by atoms with Gasteiger partial charge in [-0.1, -0.05) is 6.92 Å². The summed E-state index contributed by atoms with van der Waals surface area (Å²) >= 11 is 0. The van der Waals surface area contributed by atoms with E-state index in [1.165, 1.54) is 0 Å². The molecule has 4 heteroatoms. The fourth-order valence-corrected chi connectivity index (χ4v) is 1.90. The first-order valence-corrected chi connectivity index (χ1v) is 4.72. The lowest BCUT2D eigenvalue weighted by Crippen LogP contribution is -2.34. The Balaban J connectivity index is 2.07. The van der Waals surface area contributed by atoms with Crippen LogP contribution in [0.4, 0.5) is 0 Å². The van der Waals surface area contributed by atoms with Gasteiger partial charge in [0.25, 0.3) is 0 Å². The van der Waals surface area contributed by atoms with Crippen molar-refractivity contribution in [2.45, 2.75) is 57.6 Å². The highest BCUT2D eigenvalue weighted by Crippen LogP contribution is 2.37. The van der Waals surface area contributed by atoms with Crippen LogP contribution in [0.15, 0.2) is 0 Å². The molecule has 0 aliphatic carbocycles. The second-order valence-corrected chi connectivity index (χ2v) is 4.04. The maximum Gasteiger partial charge on any atom is 0.190 e. The number of hydrogen-bond donors (Lipinski definition) is 1. The molecule has 2 rings (SSSR count). The summed E-state index contributed by atoms with van der Waals surface area (Å²) in [7, 11) is 0. The molecule has 2 aliphatic heterocycles. The van der Waals surface area contributed by atoms with Gasteiger partial charge in [-0.2, -0.15) is 0 Å². The monoisotopic (exact) mass is 188 g/mol. The van der Waals surface area contributed by atoms with Crippen LogP contribution in [0.2, 0.25) is 0 Å². The van der Waals surface area contributed by atoms with E-state index in [-0.39, 0.29) is 12.2 Å². The molecule has 2 heterocycles. The average Bonchev–Trinajstić information content (AvgIpc) is 2.47. The smallest absolute Gasteiger partial charge is 0.190 e. The summed E-state index contributed by atoms with van der Waals surface area (Å²) in [6.07, 6.45) is -0.640. The molecule has 0 saturated carbocycles. The topological polar surface area (TPSA) is 47.9 Å². The van der Waals surface area contributed by atoms with E-state index in [2.05, 4.69) is 0 Å². The number of rotatable bonds is 1. The van der Waals surface area contributed by atoms with Gasteiger partial charge in [-0.15, -0.1) is 0 Å². The van der Waals surface area contributed by atoms with Crippen molar-refractivity contribution in [3.8, 4) is 0 Å². The molecular weight excluding hydrogens is 172 g/mol. The zero-order valence-electron chi connectivity index (χ0n) is 8.19. The molecule has 0 amide bonds. The molecule has 0 aromatic heterocycles. The highest BCUT2D eigenvalue weighted by molar-refractivity contribution is 4.92. The molecule has 0 unspecified atom stereocenters. The van der Waals surface area contributed by atoms with Crippen LogP contribution in [0.1, 0.15) is 27.2 Å². The third kappa shape index (κ3) is 1.48. The van der Waals surface area contributed by atoms with Crippen LogP contribution in [0.25, 0.3) is 0 Å². The minimum atomic E-state index is -0.630. The third-order valence-electron chi connectivity index (χ3n) is 2.52. The van der Waals surface area contributed by atoms with Crippen LogP contribution in [0.3, 0.4) is 0 Å². The molecule has 0 radical (unpaired) electrons. The van der Waals surface area contributed by atoms with Crippen LogP contribution in [0, 0.1) is 0 Å². The second kappa shape index (κ2) is 2.92. The summed E-state index contributed by atoms with van der Waals surface area (Å²) in [6.45, 7) is 5.62. The van der Waals surface area contributed by atoms with Gasteiger partial charge < -0.3 is 19.3 Å². The Morgan fingerprint density at radius 2 is 2.00 bits per heavy atom. The van der Waals surface area contributed by atoms with Gasteiger partial charge in [-0.05, 0) is 20.3 Å². The van der Waals surface area contributed by atoms with Gasteiger partial charge in [0.15, 0.2) is 12.1 Å². The molecule has 0 aromatic carbocycles. The summed E-state index contributed by atoms with van der Waals surface area (Å²) in [4.78, 5) is 0. The molecule has 2 saturated heterocycles. The number of ether oxygens (including phenoxy) is 3. The molecule has 2 aliphatic rings. The van der Waals surface area contributed by atoms with Gasteiger partial charge in [0, 0.05) is 0 Å². The van der Waals surface area contributed by atoms with Crippen molar-refractivity contribution < 1.29 is 19.3 Å². The predicted octanol–water partition coefficient (Wildman–Crippen LogP) is 0.634. The lowest BCUT2D eigenvalue weighted by molar-refractivity contribution is -0.214. The maximum absolute atomic E-state index is 9.76. The molecule has 4 atom stereocenters. The van der Waals surface area contributed by atoms with E-state index in [9.17, 15) is 5.11 Å². The lowest BCUT2D eigenvalue weighted by Gasteiger charge is -2.22. The summed E-state index contributed by atoms with van der Waals surface area (Å²) < 4.78 is 16.5. The zero-order valence-corrected chi connectivity index (χ0v) is 8.19. The molecule has 0 aromatic rings. The summed E-state index contributed by atoms with van der Waals surface area (Å²) in [5, 5.41) is 9.76. The van der Waals surface area contributed by atoms with E-state index < -0.39 is 18.2 Å². The fourth-order valence-electron chi connectivity index (χ4n) is 1.90. The molecule has 0 spiro atoms. The largest absolute Gasteiger partial charge is 0.387 e. The minimum absolute atomic E-state index is 0.147. The Morgan fingerprint density at radius 1 is 1.31 bits per heavy atom. The van der Waals surface area contributed by atoms with Gasteiger partial charge in [0.05, 0.1) is 6.10 Å². The Kier molecular flexibility index (Phi) is 2.11. The Hall–Kier alpha value is -0.160. The number of aliphatic hydroxyl groups is 1. The molecule has 2 fully saturated rings. The van der Waals surface area contributed by atoms with Gasteiger partial charge >= 0.3 is 0 Å². The van der Waals surface area contributed by atoms with Crippen molar-refractivity contribution in [2.24, 2.45) is 0 Å². The molecule has 4 nitrogen and oxygen atoms in total. The first-order valence-electron chi connectivity index (χ1n) is 4.72. The Bertz CT molecular complexity index is 204. The Morgan fingerprint density at radius 3 is 2.54 bits per heavy atom. The lowest BCUT2D eigenvalue weighted by atomic mass is 10.1. The van der Waals surface area contributed by atoms with Crippen LogP contribution >= 0.6 is 0 Å². The normalized spacial score (nSPS) is 48.0. The van der Waals surface area contributed by atoms with Crippen LogP contribution < -0.4 is 0 Å². The maximum atomic E-state index is 9.76. The highest BCUT2D eigenvalue weighted by atomic mass is 16.8. The SMILES string of the molecule is CC[C@H]1O[C@@H]2OC(C)(C)O[C@@H]2[C@H]1O.